The first-order valence-electron chi connectivity index (χ1n) is 8.24. The summed E-state index contributed by atoms with van der Waals surface area (Å²) in [5.74, 6) is 0.325. The molecule has 0 spiro atoms. The highest BCUT2D eigenvalue weighted by Crippen LogP contribution is 2.40. The molecule has 25 heavy (non-hydrogen) atoms. The van der Waals surface area contributed by atoms with Crippen molar-refractivity contribution in [2.75, 3.05) is 23.3 Å². The number of piperidine rings is 1. The number of amides is 1. The van der Waals surface area contributed by atoms with Gasteiger partial charge in [0.25, 0.3) is 0 Å². The summed E-state index contributed by atoms with van der Waals surface area (Å²) in [5, 5.41) is 4.17. The van der Waals surface area contributed by atoms with Crippen molar-refractivity contribution in [1.82, 2.24) is 4.98 Å². The number of benzene rings is 1. The van der Waals surface area contributed by atoms with Gasteiger partial charge in [-0.05, 0) is 53.7 Å². The molecule has 0 radical (unpaired) electrons. The molecule has 0 bridgehead atoms. The number of nitrogens with zero attached hydrogens (tertiary/aromatic N) is 1. The topological polar surface area (TPSA) is 74.2 Å². The number of anilines is 2. The van der Waals surface area contributed by atoms with Crippen LogP contribution >= 0.6 is 40.7 Å². The number of hydrogen-bond donors (Lipinski definition) is 3. The summed E-state index contributed by atoms with van der Waals surface area (Å²) in [6.07, 6.45) is 6.07. The zero-order valence-corrected chi connectivity index (χ0v) is 17.0. The van der Waals surface area contributed by atoms with Crippen LogP contribution in [0.5, 0.6) is 0 Å². The Balaban J connectivity index is 0.00000113. The normalized spacial score (nSPS) is 19.9. The molecule has 2 heterocycles. The number of aromatic amines is 1. The molecule has 138 valence electrons. The third-order valence-electron chi connectivity index (χ3n) is 4.75. The molecule has 2 fully saturated rings. The second-order valence-corrected chi connectivity index (χ2v) is 7.49. The van der Waals surface area contributed by atoms with E-state index in [-0.39, 0.29) is 42.7 Å². The van der Waals surface area contributed by atoms with Crippen LogP contribution in [0.2, 0.25) is 0 Å². The van der Waals surface area contributed by atoms with Gasteiger partial charge in [-0.3, -0.25) is 4.79 Å². The van der Waals surface area contributed by atoms with Gasteiger partial charge in [0.2, 0.25) is 5.91 Å². The summed E-state index contributed by atoms with van der Waals surface area (Å²) in [5.41, 5.74) is 9.20. The van der Waals surface area contributed by atoms with Gasteiger partial charge in [0.1, 0.15) is 0 Å². The average molecular weight is 450 g/mol. The minimum atomic E-state index is 0. The molecule has 4 rings (SSSR count). The number of nitrogens with one attached hydrogen (secondary N) is 2. The Morgan fingerprint density at radius 3 is 2.72 bits per heavy atom. The summed E-state index contributed by atoms with van der Waals surface area (Å²) >= 11 is 3.69. The third-order valence-corrected chi connectivity index (χ3v) is 5.39. The molecular weight excluding hydrogens is 427 g/mol. The fourth-order valence-corrected chi connectivity index (χ4v) is 3.96. The number of carbonyl (C=O) groups excluding carboxylic acids is 1. The van der Waals surface area contributed by atoms with Crippen molar-refractivity contribution in [3.63, 3.8) is 0 Å². The van der Waals surface area contributed by atoms with E-state index in [0.29, 0.717) is 0 Å². The van der Waals surface area contributed by atoms with E-state index < -0.39 is 0 Å². The van der Waals surface area contributed by atoms with E-state index in [2.05, 4.69) is 37.2 Å². The smallest absolute Gasteiger partial charge is 0.227 e. The summed E-state index contributed by atoms with van der Waals surface area (Å²) in [6.45, 7) is 1.84. The van der Waals surface area contributed by atoms with Gasteiger partial charge in [-0.25, -0.2) is 0 Å². The standard InChI is InChI=1S/C17H21BrN4O.2ClH/c18-12-5-6-13-15(16(12)22-7-1-2-11(19)9-22)14(8-20-13)21-17(23)10-3-4-10;;/h5-6,8,10-11,20H,1-4,7,9,19H2,(H,21,23);2*1H. The number of H-pyrrole nitrogens is 1. The first kappa shape index (κ1) is 20.4. The molecule has 8 heteroatoms. The minimum absolute atomic E-state index is 0. The van der Waals surface area contributed by atoms with Crippen LogP contribution in [0, 0.1) is 5.92 Å². The van der Waals surface area contributed by atoms with E-state index in [0.717, 1.165) is 65.5 Å². The lowest BCUT2D eigenvalue weighted by Gasteiger charge is -2.34. The van der Waals surface area contributed by atoms with Crippen molar-refractivity contribution in [2.24, 2.45) is 11.7 Å². The SMILES string of the molecule is Cl.Cl.NC1CCCN(c2c(Br)ccc3[nH]cc(NC(=O)C4CC4)c23)C1. The summed E-state index contributed by atoms with van der Waals surface area (Å²) in [4.78, 5) is 17.8. The number of rotatable bonds is 3. The molecule has 1 aromatic carbocycles. The van der Waals surface area contributed by atoms with Gasteiger partial charge in [-0.15, -0.1) is 24.8 Å². The second kappa shape index (κ2) is 8.16. The van der Waals surface area contributed by atoms with E-state index in [1.54, 1.807) is 0 Å². The monoisotopic (exact) mass is 448 g/mol. The van der Waals surface area contributed by atoms with E-state index in [4.69, 9.17) is 5.73 Å². The van der Waals surface area contributed by atoms with Gasteiger partial charge >= 0.3 is 0 Å². The molecule has 1 aliphatic heterocycles. The molecular formula is C17H23BrCl2N4O. The van der Waals surface area contributed by atoms with Crippen molar-refractivity contribution >= 4 is 68.9 Å². The Labute approximate surface area is 168 Å². The summed E-state index contributed by atoms with van der Waals surface area (Å²) in [7, 11) is 0. The maximum atomic E-state index is 12.2. The molecule has 1 amide bonds. The molecule has 1 aromatic heterocycles. The zero-order valence-electron chi connectivity index (χ0n) is 13.8. The third kappa shape index (κ3) is 4.08. The Morgan fingerprint density at radius 2 is 2.04 bits per heavy atom. The Bertz CT molecular complexity index is 762. The molecule has 1 aliphatic carbocycles. The van der Waals surface area contributed by atoms with Gasteiger partial charge in [0.05, 0.1) is 11.4 Å². The number of aromatic nitrogens is 1. The van der Waals surface area contributed by atoms with Crippen molar-refractivity contribution in [3.8, 4) is 0 Å². The van der Waals surface area contributed by atoms with Crippen molar-refractivity contribution < 1.29 is 4.79 Å². The van der Waals surface area contributed by atoms with Crippen LogP contribution in [0.15, 0.2) is 22.8 Å². The predicted octanol–water partition coefficient (Wildman–Crippen LogP) is 4.05. The van der Waals surface area contributed by atoms with E-state index in [9.17, 15) is 4.79 Å². The number of halogens is 3. The molecule has 1 saturated carbocycles. The van der Waals surface area contributed by atoms with E-state index in [1.165, 1.54) is 0 Å². The number of fused-ring (bicyclic) bond motifs is 1. The number of hydrogen-bond acceptors (Lipinski definition) is 3. The minimum Gasteiger partial charge on any atom is -0.368 e. The van der Waals surface area contributed by atoms with E-state index in [1.807, 2.05) is 12.3 Å². The first-order chi connectivity index (χ1) is 11.1. The van der Waals surface area contributed by atoms with Crippen molar-refractivity contribution in [1.29, 1.82) is 0 Å². The van der Waals surface area contributed by atoms with Gasteiger partial charge in [-0.2, -0.15) is 0 Å². The number of carbonyl (C=O) groups is 1. The largest absolute Gasteiger partial charge is 0.368 e. The van der Waals surface area contributed by atoms with Crippen LogP contribution in [-0.2, 0) is 4.79 Å². The molecule has 1 atom stereocenters. The highest BCUT2D eigenvalue weighted by Gasteiger charge is 2.30. The highest BCUT2D eigenvalue weighted by atomic mass is 79.9. The first-order valence-corrected chi connectivity index (χ1v) is 9.04. The van der Waals surface area contributed by atoms with Crippen LogP contribution in [0.1, 0.15) is 25.7 Å². The van der Waals surface area contributed by atoms with Crippen molar-refractivity contribution in [3.05, 3.63) is 22.8 Å². The molecule has 2 aromatic rings. The van der Waals surface area contributed by atoms with Gasteiger partial charge in [-0.1, -0.05) is 0 Å². The summed E-state index contributed by atoms with van der Waals surface area (Å²) in [6, 6.07) is 4.30. The van der Waals surface area contributed by atoms with Gasteiger partial charge < -0.3 is 20.9 Å². The Kier molecular flexibility index (Phi) is 6.65. The zero-order chi connectivity index (χ0) is 16.0. The fourth-order valence-electron chi connectivity index (χ4n) is 3.38. The van der Waals surface area contributed by atoms with Crippen LogP contribution in [0.4, 0.5) is 11.4 Å². The van der Waals surface area contributed by atoms with Crippen molar-refractivity contribution in [2.45, 2.75) is 31.7 Å². The molecule has 1 saturated heterocycles. The van der Waals surface area contributed by atoms with Gasteiger partial charge in [0, 0.05) is 46.6 Å². The lowest BCUT2D eigenvalue weighted by atomic mass is 10.0. The Hall–Kier alpha value is -0.950. The van der Waals surface area contributed by atoms with Gasteiger partial charge in [0.15, 0.2) is 0 Å². The Morgan fingerprint density at radius 1 is 1.28 bits per heavy atom. The number of nitrogens with two attached hydrogens (primary N) is 1. The predicted molar refractivity (Wildman–Crippen MR) is 111 cm³/mol. The molecule has 4 N–H and O–H groups in total. The van der Waals surface area contributed by atoms with Crippen LogP contribution in [0.3, 0.4) is 0 Å². The molecule has 5 nitrogen and oxygen atoms in total. The highest BCUT2D eigenvalue weighted by molar-refractivity contribution is 9.10. The second-order valence-electron chi connectivity index (χ2n) is 6.63. The maximum absolute atomic E-state index is 12.2. The fraction of sp³-hybridized carbons (Fsp3) is 0.471. The summed E-state index contributed by atoms with van der Waals surface area (Å²) < 4.78 is 1.04. The molecule has 1 unspecified atom stereocenters. The maximum Gasteiger partial charge on any atom is 0.227 e. The molecule has 2 aliphatic rings. The van der Waals surface area contributed by atoms with Crippen LogP contribution in [-0.4, -0.2) is 30.0 Å². The quantitative estimate of drug-likeness (QED) is 0.661. The van der Waals surface area contributed by atoms with Crippen LogP contribution in [0.25, 0.3) is 10.9 Å². The lowest BCUT2D eigenvalue weighted by molar-refractivity contribution is -0.117. The van der Waals surface area contributed by atoms with Crippen LogP contribution < -0.4 is 16.0 Å². The van der Waals surface area contributed by atoms with E-state index >= 15 is 0 Å². The average Bonchev–Trinajstić information content (AvgIpc) is 3.31. The lowest BCUT2D eigenvalue weighted by Crippen LogP contribution is -2.43.